The first-order chi connectivity index (χ1) is 8.99. The van der Waals surface area contributed by atoms with Gasteiger partial charge in [-0.25, -0.2) is 0 Å². The van der Waals surface area contributed by atoms with E-state index in [9.17, 15) is 4.79 Å². The summed E-state index contributed by atoms with van der Waals surface area (Å²) in [5.41, 5.74) is 7.82. The molecule has 0 bridgehead atoms. The van der Waals surface area contributed by atoms with Crippen molar-refractivity contribution in [2.75, 3.05) is 0 Å². The second-order valence-corrected chi connectivity index (χ2v) is 5.14. The lowest BCUT2D eigenvalue weighted by Gasteiger charge is -2.09. The van der Waals surface area contributed by atoms with Gasteiger partial charge in [0.2, 0.25) is 0 Å². The van der Waals surface area contributed by atoms with Crippen LogP contribution in [-0.4, -0.2) is 9.56 Å². The van der Waals surface area contributed by atoms with Gasteiger partial charge in [0, 0.05) is 22.3 Å². The molecule has 0 fully saturated rings. The largest absolute Gasteiger partial charge is 0.389 e. The molecule has 0 saturated heterocycles. The molecule has 0 amide bonds. The van der Waals surface area contributed by atoms with Gasteiger partial charge in [0.15, 0.2) is 0 Å². The van der Waals surface area contributed by atoms with Gasteiger partial charge >= 0.3 is 0 Å². The lowest BCUT2D eigenvalue weighted by atomic mass is 10.1. The molecule has 98 valence electrons. The average Bonchev–Trinajstić information content (AvgIpc) is 2.37. The first kappa shape index (κ1) is 13.8. The van der Waals surface area contributed by atoms with E-state index in [-0.39, 0.29) is 5.56 Å². The predicted octanol–water partition coefficient (Wildman–Crippen LogP) is 2.49. The van der Waals surface area contributed by atoms with Crippen LogP contribution < -0.4 is 11.3 Å². The highest BCUT2D eigenvalue weighted by atomic mass is 35.5. The number of aromatic nitrogens is 1. The lowest BCUT2D eigenvalue weighted by Crippen LogP contribution is -2.21. The highest BCUT2D eigenvalue weighted by Gasteiger charge is 2.06. The number of nitrogens with two attached hydrogens (primary N) is 1. The molecule has 2 aromatic rings. The minimum Gasteiger partial charge on any atom is -0.389 e. The van der Waals surface area contributed by atoms with Gasteiger partial charge in [-0.1, -0.05) is 42.0 Å². The van der Waals surface area contributed by atoms with E-state index < -0.39 is 0 Å². The number of thiocarbonyl (C=S) groups is 1. The number of hydrogen-bond donors (Lipinski definition) is 1. The standard InChI is InChI=1S/C14H13ClN2OS/c1-9-3-2-6-17(14(9)18)8-11-5-4-10(13(16)19)7-12(11)15/h2-7H,8H2,1H3,(H2,16,19). The molecule has 1 aromatic carbocycles. The Bertz CT molecular complexity index is 694. The maximum Gasteiger partial charge on any atom is 0.253 e. The molecule has 0 aliphatic carbocycles. The highest BCUT2D eigenvalue weighted by Crippen LogP contribution is 2.18. The van der Waals surface area contributed by atoms with Gasteiger partial charge in [0.05, 0.1) is 6.54 Å². The zero-order valence-electron chi connectivity index (χ0n) is 10.4. The van der Waals surface area contributed by atoms with Crippen LogP contribution in [0.25, 0.3) is 0 Å². The van der Waals surface area contributed by atoms with Crippen LogP contribution in [0, 0.1) is 6.92 Å². The van der Waals surface area contributed by atoms with Crippen LogP contribution in [0.15, 0.2) is 41.3 Å². The smallest absolute Gasteiger partial charge is 0.253 e. The monoisotopic (exact) mass is 292 g/mol. The van der Waals surface area contributed by atoms with Gasteiger partial charge in [0.1, 0.15) is 4.99 Å². The molecular formula is C14H13ClN2OS. The van der Waals surface area contributed by atoms with Crippen molar-refractivity contribution in [2.24, 2.45) is 5.73 Å². The lowest BCUT2D eigenvalue weighted by molar-refractivity contribution is 0.752. The highest BCUT2D eigenvalue weighted by molar-refractivity contribution is 7.80. The van der Waals surface area contributed by atoms with Crippen molar-refractivity contribution in [3.05, 3.63) is 68.6 Å². The zero-order valence-corrected chi connectivity index (χ0v) is 12.0. The molecule has 2 N–H and O–H groups in total. The Balaban J connectivity index is 2.36. The van der Waals surface area contributed by atoms with E-state index in [1.807, 2.05) is 18.2 Å². The number of nitrogens with zero attached hydrogens (tertiary/aromatic N) is 1. The maximum absolute atomic E-state index is 11.9. The first-order valence-electron chi connectivity index (χ1n) is 5.73. The van der Waals surface area contributed by atoms with Crippen molar-refractivity contribution < 1.29 is 0 Å². The molecule has 0 atom stereocenters. The second kappa shape index (κ2) is 5.55. The molecule has 0 spiro atoms. The van der Waals surface area contributed by atoms with Crippen LogP contribution in [0.3, 0.4) is 0 Å². The van der Waals surface area contributed by atoms with E-state index in [0.29, 0.717) is 22.1 Å². The van der Waals surface area contributed by atoms with Gasteiger partial charge in [-0.15, -0.1) is 0 Å². The number of pyridine rings is 1. The zero-order chi connectivity index (χ0) is 14.0. The van der Waals surface area contributed by atoms with Crippen LogP contribution >= 0.6 is 23.8 Å². The number of halogens is 1. The summed E-state index contributed by atoms with van der Waals surface area (Å²) in [5.74, 6) is 0. The molecule has 19 heavy (non-hydrogen) atoms. The van der Waals surface area contributed by atoms with E-state index in [1.165, 1.54) is 0 Å². The van der Waals surface area contributed by atoms with Crippen molar-refractivity contribution in [1.82, 2.24) is 4.57 Å². The summed E-state index contributed by atoms with van der Waals surface area (Å²) in [4.78, 5) is 12.2. The summed E-state index contributed by atoms with van der Waals surface area (Å²) in [6.07, 6.45) is 1.74. The summed E-state index contributed by atoms with van der Waals surface area (Å²) in [5, 5.41) is 0.554. The fraction of sp³-hybridized carbons (Fsp3) is 0.143. The van der Waals surface area contributed by atoms with Crippen molar-refractivity contribution >= 4 is 28.8 Å². The molecule has 0 unspecified atom stereocenters. The Morgan fingerprint density at radius 2 is 2.16 bits per heavy atom. The van der Waals surface area contributed by atoms with Crippen molar-refractivity contribution in [2.45, 2.75) is 13.5 Å². The van der Waals surface area contributed by atoms with Crippen LogP contribution in [0.1, 0.15) is 16.7 Å². The molecule has 0 radical (unpaired) electrons. The Morgan fingerprint density at radius 1 is 1.42 bits per heavy atom. The summed E-state index contributed by atoms with van der Waals surface area (Å²) >= 11 is 11.1. The Morgan fingerprint density at radius 3 is 2.79 bits per heavy atom. The molecule has 1 aromatic heterocycles. The van der Waals surface area contributed by atoms with E-state index in [1.54, 1.807) is 29.8 Å². The van der Waals surface area contributed by atoms with E-state index in [0.717, 1.165) is 11.1 Å². The summed E-state index contributed by atoms with van der Waals surface area (Å²) in [6.45, 7) is 2.22. The van der Waals surface area contributed by atoms with E-state index in [2.05, 4.69) is 0 Å². The van der Waals surface area contributed by atoms with E-state index >= 15 is 0 Å². The molecule has 0 aliphatic heterocycles. The van der Waals surface area contributed by atoms with Crippen molar-refractivity contribution in [1.29, 1.82) is 0 Å². The minimum atomic E-state index is -0.0167. The third-order valence-corrected chi connectivity index (χ3v) is 3.48. The van der Waals surface area contributed by atoms with Crippen LogP contribution in [0.4, 0.5) is 0 Å². The minimum absolute atomic E-state index is 0.0167. The molecule has 3 nitrogen and oxygen atoms in total. The quantitative estimate of drug-likeness (QED) is 0.884. The van der Waals surface area contributed by atoms with Gasteiger partial charge in [-0.3, -0.25) is 4.79 Å². The molecule has 5 heteroatoms. The number of hydrogen-bond acceptors (Lipinski definition) is 2. The predicted molar refractivity (Wildman–Crippen MR) is 81.9 cm³/mol. The molecule has 0 aliphatic rings. The molecule has 0 saturated carbocycles. The van der Waals surface area contributed by atoms with Crippen LogP contribution in [0.5, 0.6) is 0 Å². The Kier molecular flexibility index (Phi) is 4.02. The fourth-order valence-electron chi connectivity index (χ4n) is 1.79. The molecule has 1 heterocycles. The van der Waals surface area contributed by atoms with Crippen molar-refractivity contribution in [3.8, 4) is 0 Å². The number of benzene rings is 1. The normalized spacial score (nSPS) is 10.4. The van der Waals surface area contributed by atoms with Gasteiger partial charge in [0.25, 0.3) is 5.56 Å². The molecule has 2 rings (SSSR count). The van der Waals surface area contributed by atoms with Gasteiger partial charge < -0.3 is 10.3 Å². The summed E-state index contributed by atoms with van der Waals surface area (Å²) in [7, 11) is 0. The van der Waals surface area contributed by atoms with Crippen molar-refractivity contribution in [3.63, 3.8) is 0 Å². The number of aryl methyl sites for hydroxylation is 1. The Labute approximate surface area is 121 Å². The SMILES string of the molecule is Cc1cccn(Cc2ccc(C(N)=S)cc2Cl)c1=O. The third-order valence-electron chi connectivity index (χ3n) is 2.89. The van der Waals surface area contributed by atoms with Crippen LogP contribution in [0.2, 0.25) is 5.02 Å². The second-order valence-electron chi connectivity index (χ2n) is 4.29. The Hall–Kier alpha value is -1.65. The summed E-state index contributed by atoms with van der Waals surface area (Å²) < 4.78 is 1.62. The maximum atomic E-state index is 11.9. The van der Waals surface area contributed by atoms with Crippen LogP contribution in [-0.2, 0) is 6.54 Å². The first-order valence-corrected chi connectivity index (χ1v) is 6.52. The fourth-order valence-corrected chi connectivity index (χ4v) is 2.16. The molecular weight excluding hydrogens is 280 g/mol. The summed E-state index contributed by atoms with van der Waals surface area (Å²) in [6, 6.07) is 9.00. The van der Waals surface area contributed by atoms with Gasteiger partial charge in [-0.2, -0.15) is 0 Å². The third kappa shape index (κ3) is 3.03. The van der Waals surface area contributed by atoms with Gasteiger partial charge in [-0.05, 0) is 24.6 Å². The average molecular weight is 293 g/mol. The number of rotatable bonds is 3. The van der Waals surface area contributed by atoms with E-state index in [4.69, 9.17) is 29.6 Å². The topological polar surface area (TPSA) is 48.0 Å².